The first kappa shape index (κ1) is 22.1. The third-order valence-corrected chi connectivity index (χ3v) is 5.56. The van der Waals surface area contributed by atoms with E-state index in [0.29, 0.717) is 25.7 Å². The van der Waals surface area contributed by atoms with Gasteiger partial charge in [-0.2, -0.15) is 8.78 Å². The van der Waals surface area contributed by atoms with Crippen LogP contribution in [0.15, 0.2) is 24.3 Å². The highest BCUT2D eigenvalue weighted by molar-refractivity contribution is 7.13. The molecule has 1 amide bonds. The summed E-state index contributed by atoms with van der Waals surface area (Å²) in [6.07, 6.45) is 3.36. The molecule has 1 aliphatic rings. The number of aliphatic hydroxyl groups is 1. The number of thiophene rings is 1. The second kappa shape index (κ2) is 9.80. The van der Waals surface area contributed by atoms with Crippen LogP contribution in [-0.4, -0.2) is 51.6 Å². The molecule has 8 heteroatoms. The standard InChI is InChI=1S/C20H23F2NO4S/c1-2-3-4-6-15(24)9-8-14-13-20(21,22)19(27)23(14)12-5-7-16-10-11-17(28-16)18(25)26/h8-11,14-15,24H,4-7,12-13H2,1H3,(H,25,26)/b9-8+/t14?,15-/m0/s1. The number of amides is 1. The van der Waals surface area contributed by atoms with Crippen LogP contribution in [-0.2, 0) is 11.2 Å². The van der Waals surface area contributed by atoms with E-state index in [-0.39, 0.29) is 11.4 Å². The molecule has 1 fully saturated rings. The number of aromatic carboxylic acids is 1. The maximum atomic E-state index is 13.9. The highest BCUT2D eigenvalue weighted by Gasteiger charge is 2.52. The third-order valence-electron chi connectivity index (χ3n) is 4.43. The first-order valence-corrected chi connectivity index (χ1v) is 9.83. The monoisotopic (exact) mass is 411 g/mol. The van der Waals surface area contributed by atoms with Gasteiger partial charge in [0.25, 0.3) is 5.91 Å². The van der Waals surface area contributed by atoms with Gasteiger partial charge in [-0.1, -0.05) is 12.2 Å². The molecule has 0 aromatic carbocycles. The van der Waals surface area contributed by atoms with Crippen molar-refractivity contribution in [3.63, 3.8) is 0 Å². The van der Waals surface area contributed by atoms with Crippen molar-refractivity contribution >= 4 is 23.2 Å². The summed E-state index contributed by atoms with van der Waals surface area (Å²) < 4.78 is 27.8. The van der Waals surface area contributed by atoms with Gasteiger partial charge in [0.1, 0.15) is 4.88 Å². The van der Waals surface area contributed by atoms with Crippen molar-refractivity contribution in [3.8, 4) is 11.8 Å². The van der Waals surface area contributed by atoms with Crippen molar-refractivity contribution < 1.29 is 28.6 Å². The lowest BCUT2D eigenvalue weighted by Crippen LogP contribution is -2.36. The van der Waals surface area contributed by atoms with Gasteiger partial charge in [-0.25, -0.2) is 4.79 Å². The van der Waals surface area contributed by atoms with Gasteiger partial charge >= 0.3 is 11.9 Å². The Morgan fingerprint density at radius 1 is 1.50 bits per heavy atom. The zero-order chi connectivity index (χ0) is 20.7. The molecule has 2 N–H and O–H groups in total. The number of hydrogen-bond acceptors (Lipinski definition) is 4. The van der Waals surface area contributed by atoms with Gasteiger partial charge in [-0.3, -0.25) is 4.79 Å². The number of alkyl halides is 2. The first-order valence-electron chi connectivity index (χ1n) is 9.01. The number of nitrogens with zero attached hydrogens (tertiary/aromatic N) is 1. The molecule has 2 atom stereocenters. The molecule has 1 aromatic heterocycles. The number of hydrogen-bond donors (Lipinski definition) is 2. The average Bonchev–Trinajstić information content (AvgIpc) is 3.18. The van der Waals surface area contributed by atoms with Crippen LogP contribution in [0.4, 0.5) is 8.78 Å². The van der Waals surface area contributed by atoms with Gasteiger partial charge in [0.15, 0.2) is 0 Å². The van der Waals surface area contributed by atoms with E-state index < -0.39 is 36.4 Å². The number of halogens is 2. The Morgan fingerprint density at radius 2 is 2.25 bits per heavy atom. The van der Waals surface area contributed by atoms with Crippen LogP contribution in [0.5, 0.6) is 0 Å². The molecule has 152 valence electrons. The minimum atomic E-state index is -3.41. The summed E-state index contributed by atoms with van der Waals surface area (Å²) in [5, 5.41) is 18.8. The zero-order valence-electron chi connectivity index (χ0n) is 15.5. The predicted octanol–water partition coefficient (Wildman–Crippen LogP) is 3.34. The van der Waals surface area contributed by atoms with E-state index >= 15 is 0 Å². The van der Waals surface area contributed by atoms with E-state index in [4.69, 9.17) is 5.11 Å². The van der Waals surface area contributed by atoms with Crippen molar-refractivity contribution in [2.24, 2.45) is 0 Å². The predicted molar refractivity (Wildman–Crippen MR) is 102 cm³/mol. The molecule has 1 aliphatic heterocycles. The second-order valence-corrected chi connectivity index (χ2v) is 7.74. The van der Waals surface area contributed by atoms with Crippen molar-refractivity contribution in [2.75, 3.05) is 6.54 Å². The van der Waals surface area contributed by atoms with Crippen LogP contribution in [0.25, 0.3) is 0 Å². The molecule has 0 radical (unpaired) electrons. The average molecular weight is 411 g/mol. The van der Waals surface area contributed by atoms with Crippen LogP contribution in [0.2, 0.25) is 0 Å². The summed E-state index contributed by atoms with van der Waals surface area (Å²) in [6, 6.07) is 2.43. The molecular formula is C20H23F2NO4S. The first-order chi connectivity index (χ1) is 13.2. The highest BCUT2D eigenvalue weighted by Crippen LogP contribution is 2.34. The van der Waals surface area contributed by atoms with Crippen molar-refractivity contribution in [1.82, 2.24) is 4.90 Å². The number of likely N-dealkylation sites (tertiary alicyclic amines) is 1. The Morgan fingerprint density at radius 3 is 2.89 bits per heavy atom. The molecule has 28 heavy (non-hydrogen) atoms. The van der Waals surface area contributed by atoms with E-state index in [2.05, 4.69) is 11.8 Å². The van der Waals surface area contributed by atoms with Gasteiger partial charge in [-0.05, 0) is 38.3 Å². The van der Waals surface area contributed by atoms with E-state index in [1.165, 1.54) is 18.2 Å². The summed E-state index contributed by atoms with van der Waals surface area (Å²) >= 11 is 1.14. The van der Waals surface area contributed by atoms with E-state index in [1.54, 1.807) is 13.0 Å². The largest absolute Gasteiger partial charge is 0.477 e. The second-order valence-electron chi connectivity index (χ2n) is 6.57. The molecule has 0 spiro atoms. The minimum Gasteiger partial charge on any atom is -0.477 e. The zero-order valence-corrected chi connectivity index (χ0v) is 16.3. The van der Waals surface area contributed by atoms with Crippen LogP contribution in [0, 0.1) is 11.8 Å². The normalized spacial score (nSPS) is 19.6. The van der Waals surface area contributed by atoms with Gasteiger partial charge < -0.3 is 15.1 Å². The lowest BCUT2D eigenvalue weighted by atomic mass is 10.1. The van der Waals surface area contributed by atoms with Crippen molar-refractivity contribution in [3.05, 3.63) is 34.0 Å². The van der Waals surface area contributed by atoms with Gasteiger partial charge in [0.05, 0.1) is 12.1 Å². The number of rotatable bonds is 9. The van der Waals surface area contributed by atoms with E-state index in [9.17, 15) is 23.5 Å². The van der Waals surface area contributed by atoms with Crippen LogP contribution in [0.1, 0.15) is 47.2 Å². The smallest absolute Gasteiger partial charge is 0.345 e. The van der Waals surface area contributed by atoms with Crippen LogP contribution >= 0.6 is 11.3 Å². The Kier molecular flexibility index (Phi) is 7.72. The minimum absolute atomic E-state index is 0.140. The fourth-order valence-corrected chi connectivity index (χ4v) is 3.90. The lowest BCUT2D eigenvalue weighted by Gasteiger charge is -2.21. The van der Waals surface area contributed by atoms with E-state index in [0.717, 1.165) is 21.1 Å². The van der Waals surface area contributed by atoms with Gasteiger partial charge in [0.2, 0.25) is 0 Å². The molecule has 2 rings (SSSR count). The molecule has 2 heterocycles. The van der Waals surface area contributed by atoms with Gasteiger partial charge in [0, 0.05) is 24.3 Å². The summed E-state index contributed by atoms with van der Waals surface area (Å²) in [4.78, 5) is 25.1. The number of aryl methyl sites for hydroxylation is 1. The Bertz CT molecular complexity index is 794. The third kappa shape index (κ3) is 5.88. The number of aliphatic hydroxyl groups excluding tert-OH is 1. The molecule has 1 unspecified atom stereocenters. The number of carbonyl (C=O) groups excluding carboxylic acids is 1. The Labute approximate surface area is 166 Å². The number of carboxylic acids is 1. The van der Waals surface area contributed by atoms with Crippen LogP contribution in [0.3, 0.4) is 0 Å². The van der Waals surface area contributed by atoms with Crippen molar-refractivity contribution in [2.45, 2.75) is 57.1 Å². The quantitative estimate of drug-likeness (QED) is 0.483. The maximum absolute atomic E-state index is 13.9. The molecular weight excluding hydrogens is 388 g/mol. The summed E-state index contributed by atoms with van der Waals surface area (Å²) in [6.45, 7) is 1.84. The summed E-state index contributed by atoms with van der Waals surface area (Å²) in [7, 11) is 0. The summed E-state index contributed by atoms with van der Waals surface area (Å²) in [5.74, 6) is -0.0700. The summed E-state index contributed by atoms with van der Waals surface area (Å²) in [5.41, 5.74) is 0. The Hall–Kier alpha value is -2.24. The van der Waals surface area contributed by atoms with Crippen LogP contribution < -0.4 is 0 Å². The van der Waals surface area contributed by atoms with Gasteiger partial charge in [-0.15, -0.1) is 23.2 Å². The van der Waals surface area contributed by atoms with E-state index in [1.807, 2.05) is 0 Å². The number of carboxylic acid groups (broad SMARTS) is 1. The molecule has 1 aromatic rings. The molecule has 0 saturated carbocycles. The van der Waals surface area contributed by atoms with Crippen molar-refractivity contribution in [1.29, 1.82) is 0 Å². The molecule has 5 nitrogen and oxygen atoms in total. The lowest BCUT2D eigenvalue weighted by molar-refractivity contribution is -0.148. The highest BCUT2D eigenvalue weighted by atomic mass is 32.1. The fraction of sp³-hybridized carbons (Fsp3) is 0.500. The fourth-order valence-electron chi connectivity index (χ4n) is 3.01. The Balaban J connectivity index is 1.94. The molecule has 0 bridgehead atoms. The number of carbonyl (C=O) groups is 2. The SMILES string of the molecule is CC#CCC[C@H](O)/C=C/C1CC(F)(F)C(=O)N1CCCc1ccc(C(=O)O)s1. The molecule has 0 aliphatic carbocycles. The molecule has 1 saturated heterocycles. The topological polar surface area (TPSA) is 77.8 Å². The maximum Gasteiger partial charge on any atom is 0.345 e.